The molecule has 0 aliphatic heterocycles. The van der Waals surface area contributed by atoms with Gasteiger partial charge in [0.1, 0.15) is 11.4 Å². The monoisotopic (exact) mass is 628 g/mol. The van der Waals surface area contributed by atoms with Gasteiger partial charge >= 0.3 is 0 Å². The number of thioether (sulfide) groups is 1. The summed E-state index contributed by atoms with van der Waals surface area (Å²) < 4.78 is 6.20. The van der Waals surface area contributed by atoms with Crippen LogP contribution >= 0.6 is 34.4 Å². The number of rotatable bonds is 11. The van der Waals surface area contributed by atoms with E-state index >= 15 is 0 Å². The summed E-state index contributed by atoms with van der Waals surface area (Å²) >= 11 is 4.29. The zero-order chi connectivity index (χ0) is 30.2. The number of thiazole rings is 1. The van der Waals surface area contributed by atoms with Gasteiger partial charge in [0, 0.05) is 16.1 Å². The van der Waals surface area contributed by atoms with Crippen LogP contribution in [0.15, 0.2) is 100 Å². The molecule has 5 aromatic rings. The summed E-state index contributed by atoms with van der Waals surface area (Å²) in [7, 11) is 1.61. The van der Waals surface area contributed by atoms with Crippen LogP contribution in [-0.2, 0) is 9.59 Å². The lowest BCUT2D eigenvalue weighted by molar-refractivity contribution is -0.116. The maximum absolute atomic E-state index is 13.3. The number of amides is 3. The molecule has 0 bridgehead atoms. The van der Waals surface area contributed by atoms with Crippen LogP contribution < -0.4 is 20.7 Å². The van der Waals surface area contributed by atoms with E-state index in [-0.39, 0.29) is 22.8 Å². The standard InChI is InChI=1S/C32H28N4O4S3/c1-3-27(31(39)36-32-35-25-13-12-23(40-2)18-28(25)43-32)42-24-11-7-10-22(17-24)33-30(38)26(16-20-14-15-41-19-20)34-29(37)21-8-5-4-6-9-21/h4-19,27H,3H2,1-2H3,(H,33,38)(H,34,37)(H,35,36,39)/b26-16-. The van der Waals surface area contributed by atoms with Crippen molar-refractivity contribution in [2.24, 2.45) is 0 Å². The Morgan fingerprint density at radius 1 is 1.00 bits per heavy atom. The van der Waals surface area contributed by atoms with Gasteiger partial charge in [-0.15, -0.1) is 11.8 Å². The molecule has 0 fully saturated rings. The number of hydrogen-bond acceptors (Lipinski definition) is 8. The van der Waals surface area contributed by atoms with Crippen LogP contribution in [0.25, 0.3) is 16.3 Å². The van der Waals surface area contributed by atoms with Crippen molar-refractivity contribution in [3.8, 4) is 5.75 Å². The van der Waals surface area contributed by atoms with Crippen molar-refractivity contribution in [2.75, 3.05) is 17.7 Å². The first-order chi connectivity index (χ1) is 20.9. The molecule has 0 aliphatic carbocycles. The molecular weight excluding hydrogens is 601 g/mol. The number of nitrogens with one attached hydrogen (secondary N) is 3. The maximum Gasteiger partial charge on any atom is 0.272 e. The first-order valence-electron chi connectivity index (χ1n) is 13.4. The largest absolute Gasteiger partial charge is 0.497 e. The summed E-state index contributed by atoms with van der Waals surface area (Å²) in [6.07, 6.45) is 2.23. The summed E-state index contributed by atoms with van der Waals surface area (Å²) in [5.74, 6) is -0.270. The molecular formula is C32H28N4O4S3. The number of benzene rings is 3. The van der Waals surface area contributed by atoms with Gasteiger partial charge in [-0.05, 0) is 83.4 Å². The number of nitrogens with zero attached hydrogens (tertiary/aromatic N) is 1. The van der Waals surface area contributed by atoms with Crippen molar-refractivity contribution in [1.82, 2.24) is 10.3 Å². The smallest absolute Gasteiger partial charge is 0.272 e. The van der Waals surface area contributed by atoms with E-state index in [1.165, 1.54) is 34.4 Å². The van der Waals surface area contributed by atoms with E-state index in [1.54, 1.807) is 43.5 Å². The lowest BCUT2D eigenvalue weighted by Crippen LogP contribution is -2.30. The predicted molar refractivity (Wildman–Crippen MR) is 176 cm³/mol. The lowest BCUT2D eigenvalue weighted by atomic mass is 10.2. The van der Waals surface area contributed by atoms with Gasteiger partial charge in [0.15, 0.2) is 5.13 Å². The molecule has 218 valence electrons. The highest BCUT2D eigenvalue weighted by Crippen LogP contribution is 2.32. The van der Waals surface area contributed by atoms with Gasteiger partial charge in [-0.2, -0.15) is 11.3 Å². The molecule has 0 radical (unpaired) electrons. The number of methoxy groups -OCH3 is 1. The second kappa shape index (κ2) is 14.1. The molecule has 3 N–H and O–H groups in total. The molecule has 8 nitrogen and oxygen atoms in total. The Labute approximate surface area is 261 Å². The molecule has 2 heterocycles. The first kappa shape index (κ1) is 30.0. The molecule has 0 saturated heterocycles. The second-order valence-electron chi connectivity index (χ2n) is 9.27. The topological polar surface area (TPSA) is 109 Å². The summed E-state index contributed by atoms with van der Waals surface area (Å²) in [4.78, 5) is 44.7. The molecule has 0 spiro atoms. The second-order valence-corrected chi connectivity index (χ2v) is 12.4. The van der Waals surface area contributed by atoms with Gasteiger partial charge < -0.3 is 20.7 Å². The van der Waals surface area contributed by atoms with Crippen molar-refractivity contribution in [3.05, 3.63) is 106 Å². The normalized spacial score (nSPS) is 12.0. The molecule has 2 aromatic heterocycles. The van der Waals surface area contributed by atoms with Crippen LogP contribution in [-0.4, -0.2) is 35.1 Å². The fraction of sp³-hybridized carbons (Fsp3) is 0.125. The van der Waals surface area contributed by atoms with Gasteiger partial charge in [-0.3, -0.25) is 14.4 Å². The number of anilines is 2. The zero-order valence-electron chi connectivity index (χ0n) is 23.3. The number of aromatic nitrogens is 1. The van der Waals surface area contributed by atoms with Crippen LogP contribution in [0, 0.1) is 0 Å². The third-order valence-corrected chi connectivity index (χ3v) is 9.24. The molecule has 3 amide bonds. The lowest BCUT2D eigenvalue weighted by Gasteiger charge is -2.15. The molecule has 0 aliphatic rings. The maximum atomic E-state index is 13.3. The summed E-state index contributed by atoms with van der Waals surface area (Å²) in [5, 5.41) is 12.5. The quantitative estimate of drug-likeness (QED) is 0.105. The Morgan fingerprint density at radius 2 is 1.84 bits per heavy atom. The molecule has 43 heavy (non-hydrogen) atoms. The molecule has 1 unspecified atom stereocenters. The number of thiophene rings is 1. The first-order valence-corrected chi connectivity index (χ1v) is 16.0. The number of ether oxygens (including phenoxy) is 1. The number of fused-ring (bicyclic) bond motifs is 1. The third kappa shape index (κ3) is 7.89. The van der Waals surface area contributed by atoms with Crippen molar-refractivity contribution in [1.29, 1.82) is 0 Å². The van der Waals surface area contributed by atoms with Crippen LogP contribution in [0.1, 0.15) is 29.3 Å². The molecule has 3 aromatic carbocycles. The van der Waals surface area contributed by atoms with Gasteiger partial charge in [-0.25, -0.2) is 4.98 Å². The Hall–Kier alpha value is -4.45. The van der Waals surface area contributed by atoms with E-state index in [2.05, 4.69) is 20.9 Å². The Kier molecular flexibility index (Phi) is 9.88. The van der Waals surface area contributed by atoms with Crippen LogP contribution in [0.4, 0.5) is 10.8 Å². The van der Waals surface area contributed by atoms with Gasteiger partial charge in [0.05, 0.1) is 22.6 Å². The Morgan fingerprint density at radius 3 is 2.58 bits per heavy atom. The molecule has 0 saturated carbocycles. The van der Waals surface area contributed by atoms with Crippen molar-refractivity contribution in [2.45, 2.75) is 23.5 Å². The van der Waals surface area contributed by atoms with Crippen LogP contribution in [0.5, 0.6) is 5.75 Å². The minimum Gasteiger partial charge on any atom is -0.497 e. The van der Waals surface area contributed by atoms with E-state index < -0.39 is 5.91 Å². The van der Waals surface area contributed by atoms with Gasteiger partial charge in [0.2, 0.25) is 5.91 Å². The summed E-state index contributed by atoms with van der Waals surface area (Å²) in [5.41, 5.74) is 2.69. The fourth-order valence-electron chi connectivity index (χ4n) is 4.07. The van der Waals surface area contributed by atoms with E-state index in [0.29, 0.717) is 22.8 Å². The van der Waals surface area contributed by atoms with Gasteiger partial charge in [0.25, 0.3) is 11.8 Å². The Bertz CT molecular complexity index is 1770. The molecule has 11 heteroatoms. The average molecular weight is 629 g/mol. The third-order valence-electron chi connectivity index (χ3n) is 6.24. The Balaban J connectivity index is 1.27. The van der Waals surface area contributed by atoms with E-state index in [1.807, 2.05) is 66.2 Å². The van der Waals surface area contributed by atoms with Crippen molar-refractivity contribution < 1.29 is 19.1 Å². The number of carbonyl (C=O) groups is 3. The molecule has 5 rings (SSSR count). The van der Waals surface area contributed by atoms with E-state index in [4.69, 9.17) is 4.74 Å². The highest BCUT2D eigenvalue weighted by atomic mass is 32.2. The van der Waals surface area contributed by atoms with Crippen LogP contribution in [0.3, 0.4) is 0 Å². The minimum absolute atomic E-state index is 0.115. The average Bonchev–Trinajstić information content (AvgIpc) is 3.69. The van der Waals surface area contributed by atoms with Crippen molar-refractivity contribution >= 4 is 79.3 Å². The zero-order valence-corrected chi connectivity index (χ0v) is 25.8. The number of hydrogen-bond donors (Lipinski definition) is 3. The highest BCUT2D eigenvalue weighted by molar-refractivity contribution is 8.00. The van der Waals surface area contributed by atoms with Crippen molar-refractivity contribution in [3.63, 3.8) is 0 Å². The fourth-order valence-corrected chi connectivity index (χ4v) is 6.60. The van der Waals surface area contributed by atoms with E-state index in [9.17, 15) is 14.4 Å². The van der Waals surface area contributed by atoms with Gasteiger partial charge in [-0.1, -0.05) is 42.5 Å². The SMILES string of the molecule is CCC(Sc1cccc(NC(=O)/C(=C/c2ccsc2)NC(=O)c2ccccc2)c1)C(=O)Nc1nc2ccc(OC)cc2s1. The van der Waals surface area contributed by atoms with E-state index in [0.717, 1.165) is 26.4 Å². The predicted octanol–water partition coefficient (Wildman–Crippen LogP) is 7.29. The molecule has 1 atom stereocenters. The minimum atomic E-state index is -0.463. The van der Waals surface area contributed by atoms with Crippen LogP contribution in [0.2, 0.25) is 0 Å². The summed E-state index contributed by atoms with van der Waals surface area (Å²) in [6.45, 7) is 1.95. The number of carbonyl (C=O) groups excluding carboxylic acids is 3. The highest BCUT2D eigenvalue weighted by Gasteiger charge is 2.21. The summed E-state index contributed by atoms with van der Waals surface area (Å²) in [6, 6.07) is 23.4.